The molecule has 0 saturated heterocycles. The molecule has 0 N–H and O–H groups in total. The molecule has 2 aromatic rings. The molecule has 88 valence electrons. The number of halogens is 2. The van der Waals surface area contributed by atoms with Gasteiger partial charge in [0, 0.05) is 23.8 Å². The van der Waals surface area contributed by atoms with E-state index >= 15 is 0 Å². The zero-order valence-electron chi connectivity index (χ0n) is 8.94. The van der Waals surface area contributed by atoms with Crippen molar-refractivity contribution in [3.05, 3.63) is 53.9 Å². The molecular formula is C12H10BrFN2O. The zero-order valence-corrected chi connectivity index (χ0v) is 10.5. The number of benzene rings is 1. The minimum absolute atomic E-state index is 0.228. The summed E-state index contributed by atoms with van der Waals surface area (Å²) in [4.78, 5) is 8.04. The first-order chi connectivity index (χ1) is 8.28. The van der Waals surface area contributed by atoms with E-state index in [1.165, 1.54) is 12.1 Å². The molecule has 5 heteroatoms. The Kier molecular flexibility index (Phi) is 4.03. The second-order valence-electron chi connectivity index (χ2n) is 3.38. The summed E-state index contributed by atoms with van der Waals surface area (Å²) >= 11 is 3.27. The summed E-state index contributed by atoms with van der Waals surface area (Å²) < 4.78 is 18.6. The number of aromatic nitrogens is 2. The van der Waals surface area contributed by atoms with E-state index in [0.29, 0.717) is 16.9 Å². The van der Waals surface area contributed by atoms with Crippen LogP contribution in [0.5, 0.6) is 5.75 Å². The lowest BCUT2D eigenvalue weighted by Crippen LogP contribution is -2.01. The Bertz CT molecular complexity index is 493. The number of ether oxygens (including phenoxy) is 1. The topological polar surface area (TPSA) is 35.0 Å². The lowest BCUT2D eigenvalue weighted by molar-refractivity contribution is 0.294. The van der Waals surface area contributed by atoms with E-state index in [9.17, 15) is 4.39 Å². The summed E-state index contributed by atoms with van der Waals surface area (Å²) in [6.07, 6.45) is 3.28. The largest absolute Gasteiger partial charge is 0.485 e. The van der Waals surface area contributed by atoms with Gasteiger partial charge in [0.25, 0.3) is 0 Å². The van der Waals surface area contributed by atoms with Crippen molar-refractivity contribution in [2.24, 2.45) is 0 Å². The molecule has 0 radical (unpaired) electrons. The first-order valence-electron chi connectivity index (χ1n) is 5.02. The van der Waals surface area contributed by atoms with Crippen LogP contribution in [0, 0.1) is 5.82 Å². The van der Waals surface area contributed by atoms with Crippen molar-refractivity contribution in [2.45, 2.75) is 11.9 Å². The molecule has 17 heavy (non-hydrogen) atoms. The third-order valence-corrected chi connectivity index (χ3v) is 2.72. The van der Waals surface area contributed by atoms with Crippen molar-refractivity contribution >= 4 is 15.9 Å². The van der Waals surface area contributed by atoms with Crippen molar-refractivity contribution in [3.63, 3.8) is 0 Å². The Morgan fingerprint density at radius 2 is 1.94 bits per heavy atom. The van der Waals surface area contributed by atoms with Gasteiger partial charge in [-0.15, -0.1) is 0 Å². The van der Waals surface area contributed by atoms with Crippen LogP contribution in [0.25, 0.3) is 0 Å². The van der Waals surface area contributed by atoms with Gasteiger partial charge in [-0.1, -0.05) is 15.9 Å². The first-order valence-corrected chi connectivity index (χ1v) is 6.14. The van der Waals surface area contributed by atoms with E-state index in [0.717, 1.165) is 5.56 Å². The van der Waals surface area contributed by atoms with Gasteiger partial charge in [0.15, 0.2) is 5.82 Å². The van der Waals surface area contributed by atoms with Crippen LogP contribution in [-0.2, 0) is 11.9 Å². The fourth-order valence-corrected chi connectivity index (χ4v) is 1.66. The van der Waals surface area contributed by atoms with Crippen LogP contribution >= 0.6 is 15.9 Å². The molecule has 0 aliphatic carbocycles. The lowest BCUT2D eigenvalue weighted by Gasteiger charge is -2.06. The summed E-state index contributed by atoms with van der Waals surface area (Å²) in [6, 6.07) is 6.31. The highest BCUT2D eigenvalue weighted by atomic mass is 79.9. The summed E-state index contributed by atoms with van der Waals surface area (Å²) in [5, 5.41) is 0.586. The van der Waals surface area contributed by atoms with Gasteiger partial charge in [-0.3, -0.25) is 0 Å². The number of nitrogens with zero attached hydrogens (tertiary/aromatic N) is 2. The Morgan fingerprint density at radius 3 is 2.65 bits per heavy atom. The van der Waals surface area contributed by atoms with Crippen LogP contribution in [-0.4, -0.2) is 9.97 Å². The smallest absolute Gasteiger partial charge is 0.166 e. The highest BCUT2D eigenvalue weighted by molar-refractivity contribution is 9.08. The highest BCUT2D eigenvalue weighted by Crippen LogP contribution is 2.18. The Labute approximate surface area is 107 Å². The van der Waals surface area contributed by atoms with Crippen molar-refractivity contribution in [3.8, 4) is 5.75 Å². The quantitative estimate of drug-likeness (QED) is 0.813. The predicted octanol–water partition coefficient (Wildman–Crippen LogP) is 3.09. The number of rotatable bonds is 4. The van der Waals surface area contributed by atoms with Crippen LogP contribution in [0.1, 0.15) is 11.4 Å². The first kappa shape index (κ1) is 12.0. The summed E-state index contributed by atoms with van der Waals surface area (Å²) in [5.41, 5.74) is 0.828. The maximum atomic E-state index is 13.2. The van der Waals surface area contributed by atoms with Crippen LogP contribution in [0.2, 0.25) is 0 Å². The standard InChI is InChI=1S/C12H10BrFN2O/c13-7-9-4-10(14)6-11(5-9)17-8-12-15-2-1-3-16-12/h1-6H,7-8H2. The molecule has 1 aromatic heterocycles. The van der Waals surface area contributed by atoms with Gasteiger partial charge in [0.2, 0.25) is 0 Å². The average molecular weight is 297 g/mol. The number of hydrogen-bond acceptors (Lipinski definition) is 3. The molecule has 0 fully saturated rings. The third-order valence-electron chi connectivity index (χ3n) is 2.07. The van der Waals surface area contributed by atoms with Crippen molar-refractivity contribution < 1.29 is 9.13 Å². The minimum Gasteiger partial charge on any atom is -0.485 e. The molecule has 0 bridgehead atoms. The molecule has 0 atom stereocenters. The zero-order chi connectivity index (χ0) is 12.1. The molecule has 3 nitrogen and oxygen atoms in total. The van der Waals surface area contributed by atoms with Crippen LogP contribution < -0.4 is 4.74 Å². The van der Waals surface area contributed by atoms with E-state index in [1.54, 1.807) is 24.5 Å². The molecular weight excluding hydrogens is 287 g/mol. The fourth-order valence-electron chi connectivity index (χ4n) is 1.33. The summed E-state index contributed by atoms with van der Waals surface area (Å²) in [6.45, 7) is 0.228. The van der Waals surface area contributed by atoms with E-state index in [4.69, 9.17) is 4.74 Å². The van der Waals surface area contributed by atoms with Crippen molar-refractivity contribution in [1.82, 2.24) is 9.97 Å². The SMILES string of the molecule is Fc1cc(CBr)cc(OCc2ncccn2)c1. The van der Waals surface area contributed by atoms with Crippen LogP contribution in [0.15, 0.2) is 36.7 Å². The van der Waals surface area contributed by atoms with Crippen LogP contribution in [0.4, 0.5) is 4.39 Å². The molecule has 0 spiro atoms. The average Bonchev–Trinajstić information content (AvgIpc) is 2.37. The fraction of sp³-hybridized carbons (Fsp3) is 0.167. The molecule has 2 rings (SSSR count). The van der Waals surface area contributed by atoms with E-state index < -0.39 is 0 Å². The predicted molar refractivity (Wildman–Crippen MR) is 65.4 cm³/mol. The molecule has 0 unspecified atom stereocenters. The summed E-state index contributed by atoms with van der Waals surface area (Å²) in [5.74, 6) is 0.731. The van der Waals surface area contributed by atoms with Gasteiger partial charge in [0.05, 0.1) is 0 Å². The second kappa shape index (κ2) is 5.72. The second-order valence-corrected chi connectivity index (χ2v) is 3.94. The monoisotopic (exact) mass is 296 g/mol. The normalized spacial score (nSPS) is 10.2. The lowest BCUT2D eigenvalue weighted by atomic mass is 10.2. The Balaban J connectivity index is 2.06. The van der Waals surface area contributed by atoms with Crippen LogP contribution in [0.3, 0.4) is 0 Å². The maximum absolute atomic E-state index is 13.2. The molecule has 1 heterocycles. The number of alkyl halides is 1. The third kappa shape index (κ3) is 3.49. The van der Waals surface area contributed by atoms with Gasteiger partial charge in [0.1, 0.15) is 18.2 Å². The van der Waals surface area contributed by atoms with E-state index in [1.807, 2.05) is 0 Å². The number of hydrogen-bond donors (Lipinski definition) is 0. The van der Waals surface area contributed by atoms with Crippen molar-refractivity contribution in [2.75, 3.05) is 0 Å². The van der Waals surface area contributed by atoms with Gasteiger partial charge in [-0.2, -0.15) is 0 Å². The molecule has 0 saturated carbocycles. The molecule has 0 aliphatic rings. The maximum Gasteiger partial charge on any atom is 0.166 e. The highest BCUT2D eigenvalue weighted by Gasteiger charge is 2.02. The summed E-state index contributed by atoms with van der Waals surface area (Å²) in [7, 11) is 0. The Hall–Kier alpha value is -1.49. The van der Waals surface area contributed by atoms with E-state index in [2.05, 4.69) is 25.9 Å². The van der Waals surface area contributed by atoms with Gasteiger partial charge >= 0.3 is 0 Å². The molecule has 0 aliphatic heterocycles. The Morgan fingerprint density at radius 1 is 1.18 bits per heavy atom. The van der Waals surface area contributed by atoms with Crippen molar-refractivity contribution in [1.29, 1.82) is 0 Å². The molecule has 0 amide bonds. The minimum atomic E-state index is -0.314. The van der Waals surface area contributed by atoms with Gasteiger partial charge < -0.3 is 4.74 Å². The molecule has 1 aromatic carbocycles. The van der Waals surface area contributed by atoms with Gasteiger partial charge in [-0.25, -0.2) is 14.4 Å². The van der Waals surface area contributed by atoms with Gasteiger partial charge in [-0.05, 0) is 23.8 Å². The van der Waals surface area contributed by atoms with E-state index in [-0.39, 0.29) is 12.4 Å².